The summed E-state index contributed by atoms with van der Waals surface area (Å²) in [6, 6.07) is 32.3. The molecule has 0 radical (unpaired) electrons. The maximum absolute atomic E-state index is 8.83. The minimum atomic E-state index is -0.446. The fourth-order valence-electron chi connectivity index (χ4n) is 2.18. The second-order valence-corrected chi connectivity index (χ2v) is 7.14. The molecular weight excluding hydrogens is 499 g/mol. The van der Waals surface area contributed by atoms with E-state index in [0.29, 0.717) is 0 Å². The van der Waals surface area contributed by atoms with Crippen LogP contribution in [-0.4, -0.2) is 27.2 Å². The van der Waals surface area contributed by atoms with E-state index in [-0.39, 0.29) is 17.1 Å². The quantitative estimate of drug-likeness (QED) is 0.223. The number of ether oxygens (including phenoxy) is 2. The van der Waals surface area contributed by atoms with Gasteiger partial charge in [-0.3, -0.25) is 0 Å². The van der Waals surface area contributed by atoms with E-state index < -0.39 is 7.92 Å². The van der Waals surface area contributed by atoms with Gasteiger partial charge in [-0.25, -0.2) is 0 Å². The third-order valence-electron chi connectivity index (χ3n) is 3.21. The van der Waals surface area contributed by atoms with E-state index in [4.69, 9.17) is 23.5 Å². The Morgan fingerprint density at radius 3 is 0.882 bits per heavy atom. The standard InChI is InChI=1S/C18H15P.2C2H3O2.3CO.Fe/c1-4-10-16(11-5-1)19(17-12-6-2-7-13-17)18-14-8-3-9-15-18;2*1-4-2-3;3*1-2;/h1-15H;2*1H3;;;;/q;2*-1;;;;+2. The molecule has 34 heavy (non-hydrogen) atoms. The number of methoxy groups -OCH3 is 2. The molecular formula is C25H21FeO7P. The van der Waals surface area contributed by atoms with Crippen molar-refractivity contribution < 1.29 is 50.1 Å². The van der Waals surface area contributed by atoms with E-state index in [9.17, 15) is 0 Å². The molecule has 0 heterocycles. The summed E-state index contributed by atoms with van der Waals surface area (Å²) in [6.45, 7) is 15.9. The Balaban J connectivity index is -0.000000254. The normalized spacial score (nSPS) is 7.32. The Hall–Kier alpha value is -3.23. The van der Waals surface area contributed by atoms with Crippen molar-refractivity contribution in [2.24, 2.45) is 0 Å². The van der Waals surface area contributed by atoms with E-state index in [1.807, 2.05) is 0 Å². The molecule has 0 spiro atoms. The molecule has 0 aromatic heterocycles. The predicted octanol–water partition coefficient (Wildman–Crippen LogP) is 2.73. The average molecular weight is 520 g/mol. The summed E-state index contributed by atoms with van der Waals surface area (Å²) in [4.78, 5) is 17.7. The molecule has 0 saturated carbocycles. The van der Waals surface area contributed by atoms with Gasteiger partial charge in [0.05, 0.1) is 0 Å². The van der Waals surface area contributed by atoms with Crippen LogP contribution < -0.4 is 15.9 Å². The smallest absolute Gasteiger partial charge is 0.0622 e. The molecule has 0 amide bonds. The summed E-state index contributed by atoms with van der Waals surface area (Å²) < 4.78 is 30.0. The van der Waals surface area contributed by atoms with E-state index in [1.165, 1.54) is 43.1 Å². The molecule has 0 bridgehead atoms. The minimum Gasteiger partial charge on any atom is -0.0622 e. The molecule has 7 nitrogen and oxygen atoms in total. The SMILES string of the molecule is CO[C-]=O.CO[C-]=O.[C-]#[O+].[C-]#[O+].[C-]#[O+].[Fe+2].c1ccc(P(c2ccccc2)c2ccccc2)cc1. The summed E-state index contributed by atoms with van der Waals surface area (Å²) >= 11 is 0. The van der Waals surface area contributed by atoms with Gasteiger partial charge in [-0.05, 0) is 23.8 Å². The van der Waals surface area contributed by atoms with Crippen molar-refractivity contribution in [1.29, 1.82) is 0 Å². The van der Waals surface area contributed by atoms with E-state index in [1.54, 1.807) is 0 Å². The van der Waals surface area contributed by atoms with Crippen LogP contribution in [0.3, 0.4) is 0 Å². The van der Waals surface area contributed by atoms with Crippen LogP contribution in [0.15, 0.2) is 91.0 Å². The molecule has 9 heteroatoms. The molecule has 176 valence electrons. The molecule has 0 fully saturated rings. The van der Waals surface area contributed by atoms with Gasteiger partial charge < -0.3 is 19.1 Å². The first-order valence-corrected chi connectivity index (χ1v) is 9.99. The zero-order valence-electron chi connectivity index (χ0n) is 18.3. The van der Waals surface area contributed by atoms with Crippen molar-refractivity contribution in [2.45, 2.75) is 0 Å². The van der Waals surface area contributed by atoms with Gasteiger partial charge in [0, 0.05) is 14.2 Å². The Morgan fingerprint density at radius 1 is 0.559 bits per heavy atom. The molecule has 0 atom stereocenters. The molecule has 3 aromatic carbocycles. The molecule has 3 aromatic rings. The zero-order valence-corrected chi connectivity index (χ0v) is 20.3. The van der Waals surface area contributed by atoms with E-state index >= 15 is 0 Å². The second-order valence-electron chi connectivity index (χ2n) is 4.92. The van der Waals surface area contributed by atoms with Crippen LogP contribution in [0.25, 0.3) is 0 Å². The van der Waals surface area contributed by atoms with Gasteiger partial charge in [0.1, 0.15) is 0 Å². The number of rotatable bonds is 5. The molecule has 0 unspecified atom stereocenters. The minimum absolute atomic E-state index is 0. The predicted molar refractivity (Wildman–Crippen MR) is 122 cm³/mol. The van der Waals surface area contributed by atoms with Crippen LogP contribution >= 0.6 is 7.92 Å². The summed E-state index contributed by atoms with van der Waals surface area (Å²) in [5.41, 5.74) is 0. The van der Waals surface area contributed by atoms with Crippen molar-refractivity contribution in [2.75, 3.05) is 14.2 Å². The van der Waals surface area contributed by atoms with Crippen molar-refractivity contribution in [1.82, 2.24) is 0 Å². The number of hydrogen-bond donors (Lipinski definition) is 0. The Kier molecular flexibility index (Phi) is 35.8. The molecule has 0 N–H and O–H groups in total. The van der Waals surface area contributed by atoms with Crippen LogP contribution in [-0.2, 0) is 50.1 Å². The Labute approximate surface area is 211 Å². The van der Waals surface area contributed by atoms with Gasteiger partial charge in [-0.2, -0.15) is 0 Å². The van der Waals surface area contributed by atoms with Crippen LogP contribution in [0.2, 0.25) is 0 Å². The Bertz CT molecular complexity index is 770. The molecule has 3 rings (SSSR count). The van der Waals surface area contributed by atoms with Gasteiger partial charge >= 0.3 is 51.0 Å². The van der Waals surface area contributed by atoms with Crippen LogP contribution in [0.5, 0.6) is 0 Å². The summed E-state index contributed by atoms with van der Waals surface area (Å²) in [5.74, 6) is 0. The third-order valence-corrected chi connectivity index (χ3v) is 5.65. The Morgan fingerprint density at radius 2 is 0.735 bits per heavy atom. The maximum Gasteiger partial charge on any atom is 2.00 e. The number of carbonyl (C=O) groups excluding carboxylic acids is 2. The zero-order chi connectivity index (χ0) is 25.7. The summed E-state index contributed by atoms with van der Waals surface area (Å²) in [5, 5.41) is 4.19. The van der Waals surface area contributed by atoms with Crippen molar-refractivity contribution in [3.8, 4) is 0 Å². The van der Waals surface area contributed by atoms with Crippen LogP contribution in [0.4, 0.5) is 0 Å². The van der Waals surface area contributed by atoms with Gasteiger partial charge in [0.25, 0.3) is 0 Å². The first-order chi connectivity index (χ1) is 16.3. The van der Waals surface area contributed by atoms with Crippen molar-refractivity contribution >= 4 is 36.8 Å². The summed E-state index contributed by atoms with van der Waals surface area (Å²) in [6.07, 6.45) is 0. The van der Waals surface area contributed by atoms with Crippen molar-refractivity contribution in [3.05, 3.63) is 111 Å². The van der Waals surface area contributed by atoms with E-state index in [0.717, 1.165) is 0 Å². The van der Waals surface area contributed by atoms with Gasteiger partial charge in [0.2, 0.25) is 0 Å². The maximum atomic E-state index is 8.83. The van der Waals surface area contributed by atoms with Crippen LogP contribution in [0, 0.1) is 20.0 Å². The first kappa shape index (κ1) is 38.1. The molecule has 0 aliphatic carbocycles. The van der Waals surface area contributed by atoms with Crippen LogP contribution in [0.1, 0.15) is 0 Å². The van der Waals surface area contributed by atoms with Crippen molar-refractivity contribution in [3.63, 3.8) is 0 Å². The first-order valence-electron chi connectivity index (χ1n) is 8.65. The second kappa shape index (κ2) is 32.0. The third kappa shape index (κ3) is 18.4. The molecule has 0 saturated heterocycles. The largest absolute Gasteiger partial charge is 2.00 e. The molecule has 0 aliphatic rings. The number of benzene rings is 3. The monoisotopic (exact) mass is 520 g/mol. The fourth-order valence-corrected chi connectivity index (χ4v) is 4.48. The topological polar surface area (TPSA) is 112 Å². The number of hydrogen-bond acceptors (Lipinski definition) is 4. The molecule has 0 aliphatic heterocycles. The fraction of sp³-hybridized carbons (Fsp3) is 0.0800. The van der Waals surface area contributed by atoms with Gasteiger partial charge in [-0.15, -0.1) is 0 Å². The van der Waals surface area contributed by atoms with E-state index in [2.05, 4.69) is 120 Å². The summed E-state index contributed by atoms with van der Waals surface area (Å²) in [7, 11) is 2.07. The average Bonchev–Trinajstić information content (AvgIpc) is 2.94. The van der Waals surface area contributed by atoms with Gasteiger partial charge in [-0.1, -0.05) is 104 Å². The van der Waals surface area contributed by atoms with Gasteiger partial charge in [0.15, 0.2) is 0 Å².